The smallest absolute Gasteiger partial charge is 0.339 e. The van der Waals surface area contributed by atoms with E-state index in [2.05, 4.69) is 10.3 Å². The Kier molecular flexibility index (Phi) is 2.78. The quantitative estimate of drug-likeness (QED) is 0.711. The lowest BCUT2D eigenvalue weighted by molar-refractivity contribution is 0.0696. The number of nitrogens with zero attached hydrogens (tertiary/aromatic N) is 1. The Morgan fingerprint density at radius 2 is 2.25 bits per heavy atom. The highest BCUT2D eigenvalue weighted by molar-refractivity contribution is 5.94. The van der Waals surface area contributed by atoms with Gasteiger partial charge in [-0.2, -0.15) is 0 Å². The highest BCUT2D eigenvalue weighted by atomic mass is 16.4. The number of aliphatic hydroxyl groups excluding tert-OH is 1. The number of hydrogen-bond donors (Lipinski definition) is 3. The van der Waals surface area contributed by atoms with Gasteiger partial charge in [-0.1, -0.05) is 0 Å². The summed E-state index contributed by atoms with van der Waals surface area (Å²) in [6.07, 6.45) is 2.61. The van der Waals surface area contributed by atoms with Crippen molar-refractivity contribution in [3.8, 4) is 0 Å². The molecule has 0 bridgehead atoms. The fourth-order valence-electron chi connectivity index (χ4n) is 1.84. The minimum absolute atomic E-state index is 0.127. The Balaban J connectivity index is 2.19. The van der Waals surface area contributed by atoms with Crippen molar-refractivity contribution in [3.05, 3.63) is 23.4 Å². The van der Waals surface area contributed by atoms with E-state index < -0.39 is 5.97 Å². The average Bonchev–Trinajstić information content (AvgIpc) is 2.14. The molecule has 1 aromatic heterocycles. The average molecular weight is 222 g/mol. The second-order valence-electron chi connectivity index (χ2n) is 4.12. The lowest BCUT2D eigenvalue weighted by Crippen LogP contribution is -2.39. The third-order valence-electron chi connectivity index (χ3n) is 2.83. The molecule has 0 amide bonds. The van der Waals surface area contributed by atoms with Gasteiger partial charge in [-0.15, -0.1) is 0 Å². The number of aromatic carboxylic acids is 1. The molecule has 0 atom stereocenters. The Hall–Kier alpha value is -1.62. The third kappa shape index (κ3) is 1.99. The number of carboxylic acids is 1. The van der Waals surface area contributed by atoms with Crippen LogP contribution in [-0.4, -0.2) is 33.3 Å². The zero-order valence-corrected chi connectivity index (χ0v) is 8.97. The zero-order valence-electron chi connectivity index (χ0n) is 8.97. The van der Waals surface area contributed by atoms with Gasteiger partial charge < -0.3 is 15.5 Å². The van der Waals surface area contributed by atoms with Gasteiger partial charge in [0.15, 0.2) is 0 Å². The normalized spacial score (nSPS) is 23.6. The van der Waals surface area contributed by atoms with Crippen LogP contribution in [0.15, 0.2) is 12.3 Å². The van der Waals surface area contributed by atoms with E-state index >= 15 is 0 Å². The molecule has 0 saturated heterocycles. The molecule has 2 rings (SSSR count). The van der Waals surface area contributed by atoms with Crippen molar-refractivity contribution in [2.45, 2.75) is 31.9 Å². The second kappa shape index (κ2) is 4.09. The van der Waals surface area contributed by atoms with Crippen LogP contribution in [-0.2, 0) is 0 Å². The van der Waals surface area contributed by atoms with E-state index in [0.29, 0.717) is 24.2 Å². The maximum atomic E-state index is 11.1. The number of nitrogens with one attached hydrogen (secondary N) is 1. The van der Waals surface area contributed by atoms with Gasteiger partial charge in [0.25, 0.3) is 0 Å². The van der Waals surface area contributed by atoms with Crippen LogP contribution < -0.4 is 5.32 Å². The summed E-state index contributed by atoms with van der Waals surface area (Å²) in [5.41, 5.74) is 0.897. The number of carboxylic acid groups (broad SMARTS) is 1. The van der Waals surface area contributed by atoms with Crippen molar-refractivity contribution in [1.29, 1.82) is 0 Å². The maximum Gasteiger partial charge on any atom is 0.339 e. The minimum Gasteiger partial charge on any atom is -0.478 e. The summed E-state index contributed by atoms with van der Waals surface area (Å²) in [7, 11) is 0. The molecular formula is C11H14N2O3. The maximum absolute atomic E-state index is 11.1. The van der Waals surface area contributed by atoms with E-state index in [-0.39, 0.29) is 17.7 Å². The third-order valence-corrected chi connectivity index (χ3v) is 2.83. The summed E-state index contributed by atoms with van der Waals surface area (Å²) in [6, 6.07) is 1.80. The lowest BCUT2D eigenvalue weighted by Gasteiger charge is -2.32. The summed E-state index contributed by atoms with van der Waals surface area (Å²) in [5.74, 6) is -0.586. The Morgan fingerprint density at radius 3 is 2.81 bits per heavy atom. The van der Waals surface area contributed by atoms with Crippen LogP contribution in [0, 0.1) is 6.92 Å². The topological polar surface area (TPSA) is 82.5 Å². The van der Waals surface area contributed by atoms with E-state index in [4.69, 9.17) is 10.2 Å². The van der Waals surface area contributed by atoms with Gasteiger partial charge in [0.2, 0.25) is 0 Å². The zero-order chi connectivity index (χ0) is 11.7. The van der Waals surface area contributed by atoms with Crippen LogP contribution in [0.25, 0.3) is 0 Å². The molecule has 16 heavy (non-hydrogen) atoms. The van der Waals surface area contributed by atoms with Gasteiger partial charge in [-0.05, 0) is 31.4 Å². The summed E-state index contributed by atoms with van der Waals surface area (Å²) < 4.78 is 0. The standard InChI is InChI=1S/C11H14N2O3/c1-6-2-3-12-10(9(6)11(15)16)13-7-4-8(14)5-7/h2-3,7-8,14H,4-5H2,1H3,(H,12,13)(H,15,16). The molecule has 5 heteroatoms. The van der Waals surface area contributed by atoms with Gasteiger partial charge in [0.05, 0.1) is 6.10 Å². The first-order valence-electron chi connectivity index (χ1n) is 5.21. The number of aryl methyl sites for hydroxylation is 1. The lowest BCUT2D eigenvalue weighted by atomic mass is 9.89. The molecule has 5 nitrogen and oxygen atoms in total. The monoisotopic (exact) mass is 222 g/mol. The molecule has 1 saturated carbocycles. The molecule has 0 unspecified atom stereocenters. The number of aromatic nitrogens is 1. The van der Waals surface area contributed by atoms with Crippen LogP contribution >= 0.6 is 0 Å². The molecule has 0 radical (unpaired) electrons. The Bertz CT molecular complexity index is 414. The Labute approximate surface area is 93.1 Å². The SMILES string of the molecule is Cc1ccnc(NC2CC(O)C2)c1C(=O)O. The van der Waals surface area contributed by atoms with Gasteiger partial charge >= 0.3 is 5.97 Å². The second-order valence-corrected chi connectivity index (χ2v) is 4.12. The van der Waals surface area contributed by atoms with E-state index in [9.17, 15) is 4.79 Å². The van der Waals surface area contributed by atoms with Crippen LogP contribution in [0.1, 0.15) is 28.8 Å². The fraction of sp³-hybridized carbons (Fsp3) is 0.455. The molecule has 1 heterocycles. The van der Waals surface area contributed by atoms with Crippen molar-refractivity contribution in [3.63, 3.8) is 0 Å². The number of rotatable bonds is 3. The molecule has 3 N–H and O–H groups in total. The van der Waals surface area contributed by atoms with Gasteiger partial charge in [0.1, 0.15) is 11.4 Å². The first-order valence-corrected chi connectivity index (χ1v) is 5.21. The number of anilines is 1. The fourth-order valence-corrected chi connectivity index (χ4v) is 1.84. The number of hydrogen-bond acceptors (Lipinski definition) is 4. The van der Waals surface area contributed by atoms with Crippen LogP contribution in [0.3, 0.4) is 0 Å². The molecule has 0 spiro atoms. The molecule has 1 aromatic rings. The highest BCUT2D eigenvalue weighted by Crippen LogP contribution is 2.25. The van der Waals surface area contributed by atoms with Crippen molar-refractivity contribution in [1.82, 2.24) is 4.98 Å². The molecule has 0 aromatic carbocycles. The highest BCUT2D eigenvalue weighted by Gasteiger charge is 2.28. The molecule has 1 aliphatic carbocycles. The van der Waals surface area contributed by atoms with Crippen molar-refractivity contribution in [2.24, 2.45) is 0 Å². The van der Waals surface area contributed by atoms with E-state index in [1.54, 1.807) is 19.2 Å². The van der Waals surface area contributed by atoms with Crippen LogP contribution in [0.2, 0.25) is 0 Å². The molecule has 0 aliphatic heterocycles. The van der Waals surface area contributed by atoms with E-state index in [1.807, 2.05) is 0 Å². The number of aliphatic hydroxyl groups is 1. The summed E-state index contributed by atoms with van der Waals surface area (Å²) >= 11 is 0. The minimum atomic E-state index is -0.979. The van der Waals surface area contributed by atoms with Crippen molar-refractivity contribution >= 4 is 11.8 Å². The number of carbonyl (C=O) groups is 1. The molecule has 1 aliphatic rings. The van der Waals surface area contributed by atoms with Crippen LogP contribution in [0.5, 0.6) is 0 Å². The van der Waals surface area contributed by atoms with E-state index in [1.165, 1.54) is 0 Å². The number of pyridine rings is 1. The van der Waals surface area contributed by atoms with Gasteiger partial charge in [0, 0.05) is 12.2 Å². The summed E-state index contributed by atoms with van der Waals surface area (Å²) in [5, 5.41) is 21.3. The first kappa shape index (κ1) is 10.9. The van der Waals surface area contributed by atoms with E-state index in [0.717, 1.165) is 0 Å². The van der Waals surface area contributed by atoms with Gasteiger partial charge in [-0.3, -0.25) is 0 Å². The Morgan fingerprint density at radius 1 is 1.56 bits per heavy atom. The van der Waals surface area contributed by atoms with Crippen molar-refractivity contribution < 1.29 is 15.0 Å². The molecular weight excluding hydrogens is 208 g/mol. The largest absolute Gasteiger partial charge is 0.478 e. The van der Waals surface area contributed by atoms with Crippen molar-refractivity contribution in [2.75, 3.05) is 5.32 Å². The summed E-state index contributed by atoms with van der Waals surface area (Å²) in [6.45, 7) is 1.74. The predicted molar refractivity (Wildman–Crippen MR) is 58.6 cm³/mol. The van der Waals surface area contributed by atoms with Gasteiger partial charge in [-0.25, -0.2) is 9.78 Å². The molecule has 86 valence electrons. The first-order chi connectivity index (χ1) is 7.58. The molecule has 1 fully saturated rings. The van der Waals surface area contributed by atoms with Crippen LogP contribution in [0.4, 0.5) is 5.82 Å². The summed E-state index contributed by atoms with van der Waals surface area (Å²) in [4.78, 5) is 15.1. The predicted octanol–water partition coefficient (Wildman–Crippen LogP) is 1.02.